The zero-order chi connectivity index (χ0) is 4.24. The lowest BCUT2D eigenvalue weighted by Crippen LogP contribution is -1.47. The van der Waals surface area contributed by atoms with Crippen molar-refractivity contribution in [3.63, 3.8) is 0 Å². The van der Waals surface area contributed by atoms with Crippen molar-refractivity contribution in [3.8, 4) is 0 Å². The predicted octanol–water partition coefficient (Wildman–Crippen LogP) is 3.01. The van der Waals surface area contributed by atoms with E-state index in [9.17, 15) is 0 Å². The van der Waals surface area contributed by atoms with Gasteiger partial charge in [-0.2, -0.15) is 9.90 Å². The maximum Gasteiger partial charge on any atom is -0.0623 e. The Balaban J connectivity index is -0.0000000450. The van der Waals surface area contributed by atoms with Crippen molar-refractivity contribution < 1.29 is 0 Å². The van der Waals surface area contributed by atoms with Gasteiger partial charge in [-0.05, 0) is 0 Å². The molecule has 0 N–H and O–H groups in total. The van der Waals surface area contributed by atoms with E-state index < -0.39 is 0 Å². The highest BCUT2D eigenvalue weighted by Crippen LogP contribution is 1.79. The van der Waals surface area contributed by atoms with Crippen molar-refractivity contribution >= 4 is 47.1 Å². The van der Waals surface area contributed by atoms with Crippen LogP contribution in [0.15, 0.2) is 36.4 Å². The van der Waals surface area contributed by atoms with Crippen molar-refractivity contribution in [3.05, 3.63) is 36.4 Å². The van der Waals surface area contributed by atoms with Gasteiger partial charge in [-0.3, -0.25) is 0 Å². The van der Waals surface area contributed by atoms with Crippen molar-refractivity contribution in [2.45, 2.75) is 0 Å². The van der Waals surface area contributed by atoms with Crippen LogP contribution in [0.4, 0.5) is 0 Å². The molecule has 0 aliphatic heterocycles. The fraction of sp³-hybridized carbons (Fsp3) is 0. The Morgan fingerprint density at radius 3 is 0.600 bits per heavy atom. The molecule has 10 heavy (non-hydrogen) atoms. The summed E-state index contributed by atoms with van der Waals surface area (Å²) in [5.74, 6) is 0. The second kappa shape index (κ2) is 16.3. The fourth-order valence-electron chi connectivity index (χ4n) is 0.385. The molecule has 4 heteroatoms. The smallest absolute Gasteiger partial charge is 0.0623 e. The van der Waals surface area contributed by atoms with Gasteiger partial charge in [-0.25, -0.2) is 0 Å². The molecule has 1 aromatic rings. The average molecular weight is 221 g/mol. The first-order valence-corrected chi connectivity index (χ1v) is 2.00. The van der Waals surface area contributed by atoms with Crippen molar-refractivity contribution in [1.29, 1.82) is 0 Å². The lowest BCUT2D eigenvalue weighted by Gasteiger charge is -1.69. The summed E-state index contributed by atoms with van der Waals surface area (Å²) >= 11 is 0. The van der Waals surface area contributed by atoms with Gasteiger partial charge in [0.1, 0.15) is 0 Å². The molecular weight excluding hydrogens is 209 g/mol. The van der Waals surface area contributed by atoms with Gasteiger partial charge >= 0.3 is 0 Å². The van der Waals surface area contributed by atoms with Crippen LogP contribution in [0.3, 0.4) is 0 Å². The summed E-state index contributed by atoms with van der Waals surface area (Å²) in [6.45, 7) is 0. The Kier molecular flexibility index (Phi) is 36.5. The van der Waals surface area contributed by atoms with Crippen molar-refractivity contribution in [2.24, 2.45) is 0 Å². The standard InChI is InChI=1S/C6H6.3ClH.H3P/c1-2-4-6-5-3-1;;;;/h1-6H;3*1H;1H3. The summed E-state index contributed by atoms with van der Waals surface area (Å²) in [7, 11) is 0. The third-order valence-corrected chi connectivity index (χ3v) is 0.667. The minimum atomic E-state index is 0. The lowest BCUT2D eigenvalue weighted by atomic mass is 10.4. The van der Waals surface area contributed by atoms with E-state index in [1.54, 1.807) is 0 Å². The van der Waals surface area contributed by atoms with Crippen LogP contribution < -0.4 is 0 Å². The first kappa shape index (κ1) is 22.4. The molecule has 1 rings (SSSR count). The molecule has 0 saturated carbocycles. The predicted molar refractivity (Wildman–Crippen MR) is 59.3 cm³/mol. The van der Waals surface area contributed by atoms with Crippen LogP contribution in [0.25, 0.3) is 0 Å². The summed E-state index contributed by atoms with van der Waals surface area (Å²) in [6, 6.07) is 12.0. The average Bonchev–Trinajstić information content (AvgIpc) is 1.72. The van der Waals surface area contributed by atoms with Gasteiger partial charge in [-0.15, -0.1) is 37.2 Å². The summed E-state index contributed by atoms with van der Waals surface area (Å²) in [4.78, 5) is 0. The summed E-state index contributed by atoms with van der Waals surface area (Å²) in [5, 5.41) is 0. The van der Waals surface area contributed by atoms with Gasteiger partial charge < -0.3 is 0 Å². The molecule has 0 fully saturated rings. The van der Waals surface area contributed by atoms with Gasteiger partial charge in [0.2, 0.25) is 0 Å². The maximum absolute atomic E-state index is 2.00. The van der Waals surface area contributed by atoms with E-state index in [2.05, 4.69) is 0 Å². The number of rotatable bonds is 0. The Morgan fingerprint density at radius 1 is 0.400 bits per heavy atom. The number of halogens is 3. The van der Waals surface area contributed by atoms with Crippen LogP contribution in [-0.2, 0) is 0 Å². The van der Waals surface area contributed by atoms with E-state index in [0.717, 1.165) is 0 Å². The van der Waals surface area contributed by atoms with Gasteiger partial charge in [-0.1, -0.05) is 36.4 Å². The van der Waals surface area contributed by atoms with E-state index in [0.29, 0.717) is 0 Å². The molecule has 0 nitrogen and oxygen atoms in total. The van der Waals surface area contributed by atoms with E-state index in [4.69, 9.17) is 0 Å². The molecule has 0 saturated heterocycles. The van der Waals surface area contributed by atoms with Gasteiger partial charge in [0.05, 0.1) is 0 Å². The molecule has 62 valence electrons. The van der Waals surface area contributed by atoms with E-state index >= 15 is 0 Å². The molecule has 1 aromatic carbocycles. The molecule has 0 aromatic heterocycles. The quantitative estimate of drug-likeness (QED) is 0.591. The van der Waals surface area contributed by atoms with E-state index in [1.165, 1.54) is 0 Å². The molecule has 0 bridgehead atoms. The van der Waals surface area contributed by atoms with Crippen molar-refractivity contribution in [2.75, 3.05) is 0 Å². The zero-order valence-electron chi connectivity index (χ0n) is 5.40. The topological polar surface area (TPSA) is 0 Å². The van der Waals surface area contributed by atoms with Gasteiger partial charge in [0.15, 0.2) is 0 Å². The van der Waals surface area contributed by atoms with Crippen LogP contribution in [0.5, 0.6) is 0 Å². The van der Waals surface area contributed by atoms with E-state index in [1.807, 2.05) is 36.4 Å². The zero-order valence-corrected chi connectivity index (χ0v) is 9.26. The molecule has 0 heterocycles. The van der Waals surface area contributed by atoms with Crippen LogP contribution >= 0.6 is 47.1 Å². The van der Waals surface area contributed by atoms with Gasteiger partial charge in [0.25, 0.3) is 0 Å². The minimum Gasteiger partial charge on any atom is -0.153 e. The maximum atomic E-state index is 2.00. The Morgan fingerprint density at radius 2 is 0.500 bits per heavy atom. The molecule has 0 radical (unpaired) electrons. The molecule has 0 spiro atoms. The lowest BCUT2D eigenvalue weighted by molar-refractivity contribution is 1.72. The summed E-state index contributed by atoms with van der Waals surface area (Å²) < 4.78 is 0. The first-order chi connectivity index (χ1) is 3.00. The van der Waals surface area contributed by atoms with Crippen LogP contribution in [0.1, 0.15) is 0 Å². The second-order valence-electron chi connectivity index (χ2n) is 1.15. The second-order valence-corrected chi connectivity index (χ2v) is 1.15. The van der Waals surface area contributed by atoms with Crippen LogP contribution in [0.2, 0.25) is 0 Å². The fourth-order valence-corrected chi connectivity index (χ4v) is 0.385. The minimum absolute atomic E-state index is 0. The highest BCUT2D eigenvalue weighted by molar-refractivity contribution is 6.92. The van der Waals surface area contributed by atoms with Gasteiger partial charge in [0, 0.05) is 0 Å². The number of hydrogen-bond acceptors (Lipinski definition) is 0. The van der Waals surface area contributed by atoms with Crippen LogP contribution in [0, 0.1) is 0 Å². The number of benzene rings is 1. The molecule has 0 aliphatic carbocycles. The van der Waals surface area contributed by atoms with Crippen molar-refractivity contribution in [1.82, 2.24) is 0 Å². The normalized spacial score (nSPS) is 4.80. The molecule has 1 unspecified atom stereocenters. The third-order valence-electron chi connectivity index (χ3n) is 0.667. The largest absolute Gasteiger partial charge is 0.153 e. The third kappa shape index (κ3) is 11.3. The molecule has 0 amide bonds. The molecule has 1 atom stereocenters. The summed E-state index contributed by atoms with van der Waals surface area (Å²) in [6.07, 6.45) is 0. The number of hydrogen-bond donors (Lipinski definition) is 0. The molecular formula is C6H12Cl3P. The molecule has 0 aliphatic rings. The van der Waals surface area contributed by atoms with Crippen LogP contribution in [-0.4, -0.2) is 0 Å². The Bertz CT molecular complexity index is 84.9. The Hall–Kier alpha value is 0.520. The Labute approximate surface area is 83.6 Å². The monoisotopic (exact) mass is 220 g/mol. The highest BCUT2D eigenvalue weighted by Gasteiger charge is 1.57. The highest BCUT2D eigenvalue weighted by atomic mass is 35.5. The first-order valence-electron chi connectivity index (χ1n) is 2.00. The SMILES string of the molecule is Cl.Cl.Cl.P.c1ccccc1. The summed E-state index contributed by atoms with van der Waals surface area (Å²) in [5.41, 5.74) is 0. The van der Waals surface area contributed by atoms with E-state index in [-0.39, 0.29) is 47.1 Å².